The lowest BCUT2D eigenvalue weighted by atomic mass is 9.85. The first-order valence-corrected chi connectivity index (χ1v) is 13.3. The Balaban J connectivity index is 1.35. The van der Waals surface area contributed by atoms with Gasteiger partial charge in [0.05, 0.1) is 25.1 Å². The molecule has 8 nitrogen and oxygen atoms in total. The second-order valence-corrected chi connectivity index (χ2v) is 10.6. The van der Waals surface area contributed by atoms with Gasteiger partial charge in [-0.15, -0.1) is 0 Å². The smallest absolute Gasteiger partial charge is 0.227 e. The average molecular weight is 523 g/mol. The molecule has 3 heterocycles. The fraction of sp³-hybridized carbons (Fsp3) is 0.464. The van der Waals surface area contributed by atoms with E-state index in [2.05, 4.69) is 45.0 Å². The van der Waals surface area contributed by atoms with Crippen molar-refractivity contribution in [1.29, 1.82) is 0 Å². The highest BCUT2D eigenvalue weighted by Crippen LogP contribution is 2.39. The van der Waals surface area contributed by atoms with Crippen LogP contribution in [0, 0.1) is 0 Å². The Hall–Kier alpha value is -2.78. The van der Waals surface area contributed by atoms with Crippen molar-refractivity contribution in [1.82, 2.24) is 24.8 Å². The Morgan fingerprint density at radius 3 is 2.65 bits per heavy atom. The van der Waals surface area contributed by atoms with Gasteiger partial charge in [0.15, 0.2) is 0 Å². The maximum atomic E-state index is 9.96. The molecule has 0 amide bonds. The van der Waals surface area contributed by atoms with Crippen LogP contribution in [0.25, 0.3) is 11.3 Å². The molecule has 0 spiro atoms. The van der Waals surface area contributed by atoms with E-state index in [9.17, 15) is 5.11 Å². The summed E-state index contributed by atoms with van der Waals surface area (Å²) in [5.41, 5.74) is 5.30. The molecule has 0 bridgehead atoms. The Morgan fingerprint density at radius 2 is 1.92 bits per heavy atom. The lowest BCUT2D eigenvalue weighted by Gasteiger charge is -2.34. The number of ether oxygens (including phenoxy) is 1. The number of methoxy groups -OCH3 is 1. The summed E-state index contributed by atoms with van der Waals surface area (Å²) in [5.74, 6) is 1.14. The van der Waals surface area contributed by atoms with Crippen LogP contribution in [0.4, 0.5) is 11.6 Å². The van der Waals surface area contributed by atoms with Crippen molar-refractivity contribution < 1.29 is 9.84 Å². The number of aromatic nitrogens is 3. The molecule has 196 valence electrons. The fourth-order valence-corrected chi connectivity index (χ4v) is 5.46. The zero-order valence-corrected chi connectivity index (χ0v) is 22.6. The first-order valence-electron chi connectivity index (χ1n) is 12.9. The van der Waals surface area contributed by atoms with Crippen molar-refractivity contribution >= 4 is 23.2 Å². The number of aliphatic hydroxyl groups is 1. The number of halogens is 1. The van der Waals surface area contributed by atoms with E-state index in [-0.39, 0.29) is 12.0 Å². The number of piperazine rings is 1. The number of nitrogens with zero attached hydrogens (tertiary/aromatic N) is 5. The van der Waals surface area contributed by atoms with Crippen molar-refractivity contribution in [2.75, 3.05) is 51.8 Å². The van der Waals surface area contributed by atoms with Gasteiger partial charge in [-0.25, -0.2) is 9.97 Å². The molecule has 3 aromatic rings. The van der Waals surface area contributed by atoms with Crippen molar-refractivity contribution in [3.05, 3.63) is 58.5 Å². The summed E-state index contributed by atoms with van der Waals surface area (Å²) in [7, 11) is 1.66. The Bertz CT molecular complexity index is 1260. The van der Waals surface area contributed by atoms with Crippen molar-refractivity contribution in [2.24, 2.45) is 0 Å². The number of fused-ring (bicyclic) bond motifs is 1. The monoisotopic (exact) mass is 522 g/mol. The molecule has 1 aliphatic heterocycles. The zero-order chi connectivity index (χ0) is 26.0. The molecule has 2 N–H and O–H groups in total. The normalized spacial score (nSPS) is 20.1. The quantitative estimate of drug-likeness (QED) is 0.453. The van der Waals surface area contributed by atoms with Crippen LogP contribution < -0.4 is 10.1 Å². The summed E-state index contributed by atoms with van der Waals surface area (Å²) in [4.78, 5) is 18.7. The van der Waals surface area contributed by atoms with Gasteiger partial charge in [-0.1, -0.05) is 25.4 Å². The number of aryl methyl sites for hydroxylation is 1. The second-order valence-electron chi connectivity index (χ2n) is 10.2. The summed E-state index contributed by atoms with van der Waals surface area (Å²) < 4.78 is 5.70. The molecule has 1 aliphatic carbocycles. The topological polar surface area (TPSA) is 86.6 Å². The summed E-state index contributed by atoms with van der Waals surface area (Å²) >= 11 is 6.72. The number of anilines is 2. The molecule has 2 aliphatic rings. The highest BCUT2D eigenvalue weighted by Gasteiger charge is 2.35. The number of aliphatic hydroxyl groups excluding tert-OH is 1. The maximum Gasteiger partial charge on any atom is 0.227 e. The van der Waals surface area contributed by atoms with Gasteiger partial charge in [-0.3, -0.25) is 9.88 Å². The summed E-state index contributed by atoms with van der Waals surface area (Å²) in [6.07, 6.45) is 5.36. The van der Waals surface area contributed by atoms with E-state index >= 15 is 0 Å². The standard InChI is InChI=1S/C28H35ClN6O2/c1-4-34-9-11-35(12-10-34)17-20-14-26(37-3)25(15-22(20)29)33-27-30-8-6-23(32-27)19-13-21-24(31-16-19)5-7-28(21,2)18-36/h6,8,13-16,36H,4-5,7,9-12,17-18H2,1-3H3,(H,30,32,33). The largest absolute Gasteiger partial charge is 0.495 e. The van der Waals surface area contributed by atoms with Crippen LogP contribution in [0.1, 0.15) is 37.1 Å². The third-order valence-corrected chi connectivity index (χ3v) is 8.11. The van der Waals surface area contributed by atoms with Crippen molar-refractivity contribution in [3.63, 3.8) is 0 Å². The van der Waals surface area contributed by atoms with E-state index in [4.69, 9.17) is 21.3 Å². The third kappa shape index (κ3) is 5.43. The number of nitrogens with one attached hydrogen (secondary N) is 1. The molecule has 1 saturated heterocycles. The van der Waals surface area contributed by atoms with Crippen LogP contribution in [0.5, 0.6) is 5.75 Å². The Labute approximate surface area is 223 Å². The van der Waals surface area contributed by atoms with Gasteiger partial charge in [0.2, 0.25) is 5.95 Å². The average Bonchev–Trinajstić information content (AvgIpc) is 3.27. The molecule has 1 fully saturated rings. The summed E-state index contributed by atoms with van der Waals surface area (Å²) in [6.45, 7) is 10.5. The van der Waals surface area contributed by atoms with Crippen LogP contribution in [0.15, 0.2) is 36.7 Å². The molecule has 0 radical (unpaired) electrons. The van der Waals surface area contributed by atoms with E-state index < -0.39 is 0 Å². The Morgan fingerprint density at radius 1 is 1.14 bits per heavy atom. The molecule has 1 aromatic carbocycles. The number of rotatable bonds is 8. The number of hydrogen-bond acceptors (Lipinski definition) is 8. The van der Waals surface area contributed by atoms with Gasteiger partial charge in [0.25, 0.3) is 0 Å². The maximum absolute atomic E-state index is 9.96. The fourth-order valence-electron chi connectivity index (χ4n) is 5.24. The highest BCUT2D eigenvalue weighted by atomic mass is 35.5. The minimum atomic E-state index is -0.262. The van der Waals surface area contributed by atoms with Crippen molar-refractivity contribution in [3.8, 4) is 17.0 Å². The first-order chi connectivity index (χ1) is 17.9. The van der Waals surface area contributed by atoms with E-state index in [0.717, 1.165) is 80.2 Å². The molecule has 37 heavy (non-hydrogen) atoms. The lowest BCUT2D eigenvalue weighted by Crippen LogP contribution is -2.45. The van der Waals surface area contributed by atoms with Gasteiger partial charge in [-0.05, 0) is 54.8 Å². The molecular weight excluding hydrogens is 488 g/mol. The molecule has 5 rings (SSSR count). The lowest BCUT2D eigenvalue weighted by molar-refractivity contribution is 0.132. The van der Waals surface area contributed by atoms with Gasteiger partial charge >= 0.3 is 0 Å². The zero-order valence-electron chi connectivity index (χ0n) is 21.8. The van der Waals surface area contributed by atoms with Gasteiger partial charge < -0.3 is 20.1 Å². The molecule has 0 saturated carbocycles. The van der Waals surface area contributed by atoms with E-state index in [1.807, 2.05) is 24.4 Å². The molecule has 1 atom stereocenters. The first kappa shape index (κ1) is 25.9. The minimum Gasteiger partial charge on any atom is -0.495 e. The number of pyridine rings is 1. The van der Waals surface area contributed by atoms with Crippen LogP contribution in [-0.2, 0) is 18.4 Å². The van der Waals surface area contributed by atoms with Crippen molar-refractivity contribution in [2.45, 2.75) is 38.6 Å². The van der Waals surface area contributed by atoms with E-state index in [1.54, 1.807) is 13.3 Å². The minimum absolute atomic E-state index is 0.104. The summed E-state index contributed by atoms with van der Waals surface area (Å²) in [6, 6.07) is 7.86. The molecule has 1 unspecified atom stereocenters. The van der Waals surface area contributed by atoms with E-state index in [0.29, 0.717) is 22.4 Å². The number of benzene rings is 1. The number of hydrogen-bond donors (Lipinski definition) is 2. The Kier molecular flexibility index (Phi) is 7.62. The predicted molar refractivity (Wildman–Crippen MR) is 147 cm³/mol. The van der Waals surface area contributed by atoms with Crippen LogP contribution in [-0.4, -0.2) is 76.3 Å². The van der Waals surface area contributed by atoms with Gasteiger partial charge in [0, 0.05) is 66.8 Å². The van der Waals surface area contributed by atoms with Crippen LogP contribution >= 0.6 is 11.6 Å². The van der Waals surface area contributed by atoms with Gasteiger partial charge in [0.1, 0.15) is 5.75 Å². The third-order valence-electron chi connectivity index (χ3n) is 7.76. The van der Waals surface area contributed by atoms with Crippen LogP contribution in [0.3, 0.4) is 0 Å². The highest BCUT2D eigenvalue weighted by molar-refractivity contribution is 6.31. The molecular formula is C28H35ClN6O2. The van der Waals surface area contributed by atoms with Crippen LogP contribution in [0.2, 0.25) is 5.02 Å². The molecule has 9 heteroatoms. The predicted octanol–water partition coefficient (Wildman–Crippen LogP) is 4.28. The number of likely N-dealkylation sites (N-methyl/N-ethyl adjacent to an activating group) is 1. The second kappa shape index (κ2) is 10.9. The van der Waals surface area contributed by atoms with Gasteiger partial charge in [-0.2, -0.15) is 0 Å². The molecule has 2 aromatic heterocycles. The SMILES string of the molecule is CCN1CCN(Cc2cc(OC)c(Nc3nccc(-c4cnc5c(c4)C(C)(CO)CC5)n3)cc2Cl)CC1. The summed E-state index contributed by atoms with van der Waals surface area (Å²) in [5, 5.41) is 13.9. The van der Waals surface area contributed by atoms with E-state index in [1.165, 1.54) is 0 Å².